The molecule has 2 aromatic carbocycles. The monoisotopic (exact) mass is 314 g/mol. The summed E-state index contributed by atoms with van der Waals surface area (Å²) in [5.41, 5.74) is 6.17. The summed E-state index contributed by atoms with van der Waals surface area (Å²) in [6.07, 6.45) is 0. The van der Waals surface area contributed by atoms with Crippen LogP contribution in [0.1, 0.15) is 5.56 Å². The van der Waals surface area contributed by atoms with E-state index < -0.39 is 15.8 Å². The van der Waals surface area contributed by atoms with E-state index in [1.807, 2.05) is 0 Å². The highest BCUT2D eigenvalue weighted by Crippen LogP contribution is 2.24. The molecule has 0 aliphatic rings. The first-order chi connectivity index (χ1) is 9.29. The third-order valence-corrected chi connectivity index (χ3v) is 4.34. The lowest BCUT2D eigenvalue weighted by molar-refractivity contribution is 0.593. The van der Waals surface area contributed by atoms with Crippen molar-refractivity contribution in [2.75, 3.05) is 10.5 Å². The maximum Gasteiger partial charge on any atom is 0.262 e. The zero-order chi connectivity index (χ0) is 14.9. The molecule has 0 saturated heterocycles. The Bertz CT molecular complexity index is 740. The lowest BCUT2D eigenvalue weighted by atomic mass is 10.2. The third kappa shape index (κ3) is 3.02. The molecule has 4 nitrogen and oxygen atoms in total. The number of rotatable bonds is 3. The van der Waals surface area contributed by atoms with Crippen molar-refractivity contribution in [2.45, 2.75) is 11.8 Å². The Morgan fingerprint density at radius 2 is 1.95 bits per heavy atom. The van der Waals surface area contributed by atoms with E-state index in [-0.39, 0.29) is 21.8 Å². The SMILES string of the molecule is Cc1c(N)cc(S(=O)(=O)Nc2cccc(Cl)c2)cc1F. The van der Waals surface area contributed by atoms with Gasteiger partial charge in [0.25, 0.3) is 10.0 Å². The van der Waals surface area contributed by atoms with Crippen molar-refractivity contribution in [3.63, 3.8) is 0 Å². The van der Waals surface area contributed by atoms with Gasteiger partial charge in [0.15, 0.2) is 0 Å². The molecule has 0 bridgehead atoms. The standard InChI is InChI=1S/C13H12ClFN2O2S/c1-8-12(15)6-11(7-13(8)16)20(18,19)17-10-4-2-3-9(14)5-10/h2-7,17H,16H2,1H3. The summed E-state index contributed by atoms with van der Waals surface area (Å²) in [6.45, 7) is 1.48. The smallest absolute Gasteiger partial charge is 0.262 e. The molecule has 20 heavy (non-hydrogen) atoms. The second kappa shape index (κ2) is 5.30. The van der Waals surface area contributed by atoms with Crippen LogP contribution in [0.4, 0.5) is 15.8 Å². The van der Waals surface area contributed by atoms with Gasteiger partial charge >= 0.3 is 0 Å². The summed E-state index contributed by atoms with van der Waals surface area (Å²) in [5.74, 6) is -0.670. The van der Waals surface area contributed by atoms with Crippen LogP contribution in [-0.2, 0) is 10.0 Å². The van der Waals surface area contributed by atoms with Gasteiger partial charge in [0, 0.05) is 16.3 Å². The number of halogens is 2. The van der Waals surface area contributed by atoms with Gasteiger partial charge in [-0.1, -0.05) is 17.7 Å². The van der Waals surface area contributed by atoms with Gasteiger partial charge in [-0.2, -0.15) is 0 Å². The van der Waals surface area contributed by atoms with E-state index in [9.17, 15) is 12.8 Å². The molecular weight excluding hydrogens is 303 g/mol. The normalized spacial score (nSPS) is 11.3. The molecular formula is C13H12ClFN2O2S. The fraction of sp³-hybridized carbons (Fsp3) is 0.0769. The Kier molecular flexibility index (Phi) is 3.87. The average molecular weight is 315 g/mol. The van der Waals surface area contributed by atoms with Crippen LogP contribution in [0.15, 0.2) is 41.3 Å². The Balaban J connectivity index is 2.41. The number of hydrogen-bond acceptors (Lipinski definition) is 3. The summed E-state index contributed by atoms with van der Waals surface area (Å²) in [5, 5.41) is 0.389. The Morgan fingerprint density at radius 3 is 2.55 bits per heavy atom. The van der Waals surface area contributed by atoms with Crippen LogP contribution in [0.5, 0.6) is 0 Å². The van der Waals surface area contributed by atoms with Crippen molar-refractivity contribution >= 4 is 33.0 Å². The van der Waals surface area contributed by atoms with Crippen LogP contribution in [0.2, 0.25) is 5.02 Å². The fourth-order valence-corrected chi connectivity index (χ4v) is 2.88. The predicted octanol–water partition coefficient (Wildman–Crippen LogP) is 3.17. The zero-order valence-electron chi connectivity index (χ0n) is 10.5. The molecule has 0 spiro atoms. The summed E-state index contributed by atoms with van der Waals surface area (Å²) in [6, 6.07) is 8.35. The van der Waals surface area contributed by atoms with Gasteiger partial charge in [-0.05, 0) is 37.3 Å². The van der Waals surface area contributed by atoms with Crippen molar-refractivity contribution in [1.82, 2.24) is 0 Å². The highest BCUT2D eigenvalue weighted by molar-refractivity contribution is 7.92. The molecule has 0 unspecified atom stereocenters. The molecule has 0 saturated carbocycles. The number of anilines is 2. The van der Waals surface area contributed by atoms with Crippen molar-refractivity contribution < 1.29 is 12.8 Å². The lowest BCUT2D eigenvalue weighted by Crippen LogP contribution is -2.14. The zero-order valence-corrected chi connectivity index (χ0v) is 12.1. The Morgan fingerprint density at radius 1 is 1.25 bits per heavy atom. The molecule has 0 fully saturated rings. The quantitative estimate of drug-likeness (QED) is 0.855. The maximum atomic E-state index is 13.6. The van der Waals surface area contributed by atoms with Gasteiger partial charge < -0.3 is 5.73 Å². The molecule has 0 heterocycles. The van der Waals surface area contributed by atoms with Crippen LogP contribution < -0.4 is 10.5 Å². The molecule has 0 aliphatic heterocycles. The van der Waals surface area contributed by atoms with Crippen molar-refractivity contribution in [1.29, 1.82) is 0 Å². The van der Waals surface area contributed by atoms with Crippen LogP contribution in [0.25, 0.3) is 0 Å². The van der Waals surface area contributed by atoms with Crippen LogP contribution in [0.3, 0.4) is 0 Å². The summed E-state index contributed by atoms with van der Waals surface area (Å²) in [4.78, 5) is -0.238. The molecule has 3 N–H and O–H groups in total. The van der Waals surface area contributed by atoms with E-state index in [1.54, 1.807) is 12.1 Å². The average Bonchev–Trinajstić information content (AvgIpc) is 2.34. The van der Waals surface area contributed by atoms with Crippen LogP contribution in [0, 0.1) is 12.7 Å². The minimum absolute atomic E-state index is 0.0801. The van der Waals surface area contributed by atoms with Crippen LogP contribution in [-0.4, -0.2) is 8.42 Å². The molecule has 2 aromatic rings. The molecule has 0 atom stereocenters. The Hall–Kier alpha value is -1.79. The fourth-order valence-electron chi connectivity index (χ4n) is 1.60. The van der Waals surface area contributed by atoms with Gasteiger partial charge in [0.2, 0.25) is 0 Å². The molecule has 106 valence electrons. The van der Waals surface area contributed by atoms with E-state index in [0.29, 0.717) is 5.02 Å². The summed E-state index contributed by atoms with van der Waals surface area (Å²) < 4.78 is 40.2. The number of nitrogens with one attached hydrogen (secondary N) is 1. The summed E-state index contributed by atoms with van der Waals surface area (Å²) in [7, 11) is -3.92. The largest absolute Gasteiger partial charge is 0.398 e. The van der Waals surface area contributed by atoms with Gasteiger partial charge in [-0.25, -0.2) is 12.8 Å². The molecule has 0 aliphatic carbocycles. The first-order valence-electron chi connectivity index (χ1n) is 5.63. The first-order valence-corrected chi connectivity index (χ1v) is 7.50. The van der Waals surface area contributed by atoms with Crippen molar-refractivity contribution in [3.8, 4) is 0 Å². The minimum atomic E-state index is -3.92. The highest BCUT2D eigenvalue weighted by Gasteiger charge is 2.17. The molecule has 0 amide bonds. The van der Waals surface area contributed by atoms with Gasteiger partial charge in [-0.3, -0.25) is 4.72 Å². The minimum Gasteiger partial charge on any atom is -0.398 e. The predicted molar refractivity (Wildman–Crippen MR) is 77.8 cm³/mol. The molecule has 0 aromatic heterocycles. The number of nitrogen functional groups attached to an aromatic ring is 1. The maximum absolute atomic E-state index is 13.6. The number of hydrogen-bond donors (Lipinski definition) is 2. The molecule has 0 radical (unpaired) electrons. The first kappa shape index (κ1) is 14.6. The van der Waals surface area contributed by atoms with Gasteiger partial charge in [0.1, 0.15) is 5.82 Å². The second-order valence-electron chi connectivity index (χ2n) is 4.24. The van der Waals surface area contributed by atoms with Crippen molar-refractivity contribution in [2.24, 2.45) is 0 Å². The van der Waals surface area contributed by atoms with E-state index in [0.717, 1.165) is 6.07 Å². The van der Waals surface area contributed by atoms with E-state index in [4.69, 9.17) is 17.3 Å². The van der Waals surface area contributed by atoms with Gasteiger partial charge in [0.05, 0.1) is 10.6 Å². The lowest BCUT2D eigenvalue weighted by Gasteiger charge is -2.10. The topological polar surface area (TPSA) is 72.2 Å². The van der Waals surface area contributed by atoms with E-state index in [2.05, 4.69) is 4.72 Å². The van der Waals surface area contributed by atoms with Crippen molar-refractivity contribution in [3.05, 3.63) is 52.8 Å². The van der Waals surface area contributed by atoms with E-state index >= 15 is 0 Å². The third-order valence-electron chi connectivity index (χ3n) is 2.75. The van der Waals surface area contributed by atoms with E-state index in [1.165, 1.54) is 25.1 Å². The summed E-state index contributed by atoms with van der Waals surface area (Å²) >= 11 is 5.78. The second-order valence-corrected chi connectivity index (χ2v) is 6.35. The molecule has 2 rings (SSSR count). The number of nitrogens with two attached hydrogens (primary N) is 1. The number of benzene rings is 2. The Labute approximate surface area is 121 Å². The highest BCUT2D eigenvalue weighted by atomic mass is 35.5. The van der Waals surface area contributed by atoms with Crippen LogP contribution >= 0.6 is 11.6 Å². The number of sulfonamides is 1. The van der Waals surface area contributed by atoms with Gasteiger partial charge in [-0.15, -0.1) is 0 Å². The molecule has 7 heteroatoms.